The number of piperazine rings is 1. The minimum absolute atomic E-state index is 0.121. The van der Waals surface area contributed by atoms with Crippen molar-refractivity contribution in [3.63, 3.8) is 0 Å². The van der Waals surface area contributed by atoms with Crippen LogP contribution >= 0.6 is 0 Å². The summed E-state index contributed by atoms with van der Waals surface area (Å²) in [4.78, 5) is 18.0. The van der Waals surface area contributed by atoms with E-state index in [1.165, 1.54) is 5.69 Å². The molecule has 166 valence electrons. The topological polar surface area (TPSA) is 44.8 Å². The summed E-state index contributed by atoms with van der Waals surface area (Å²) in [6, 6.07) is 23.5. The summed E-state index contributed by atoms with van der Waals surface area (Å²) in [5.41, 5.74) is 4.60. The lowest BCUT2D eigenvalue weighted by Crippen LogP contribution is -2.46. The zero-order valence-electron chi connectivity index (χ0n) is 18.9. The molecule has 1 saturated heterocycles. The van der Waals surface area contributed by atoms with Crippen molar-refractivity contribution in [3.05, 3.63) is 89.5 Å². The fraction of sp³-hybridized carbons (Fsp3) is 0.296. The predicted octanol–water partition coefficient (Wildman–Crippen LogP) is 4.97. The molecule has 0 aromatic heterocycles. The Labute approximate surface area is 190 Å². The molecule has 32 heavy (non-hydrogen) atoms. The zero-order chi connectivity index (χ0) is 22.3. The van der Waals surface area contributed by atoms with Gasteiger partial charge in [0.1, 0.15) is 12.4 Å². The van der Waals surface area contributed by atoms with E-state index >= 15 is 0 Å². The van der Waals surface area contributed by atoms with Gasteiger partial charge in [-0.1, -0.05) is 43.3 Å². The summed E-state index contributed by atoms with van der Waals surface area (Å²) in [6.07, 6.45) is 0. The maximum atomic E-state index is 13.1. The standard InChI is InChI=1S/C27H31N3O2/c1-3-29-15-17-30(18-16-29)23-13-14-26(21(2)19-23)28-27(31)25-12-8-7-9-22(25)20-32-24-10-5-4-6-11-24/h4-14,19H,3,15-18,20H2,1-2H3,(H,28,31). The second-order valence-electron chi connectivity index (χ2n) is 8.13. The van der Waals surface area contributed by atoms with Crippen LogP contribution in [0.2, 0.25) is 0 Å². The number of ether oxygens (including phenoxy) is 1. The smallest absolute Gasteiger partial charge is 0.256 e. The fourth-order valence-corrected chi connectivity index (χ4v) is 4.04. The number of hydrogen-bond acceptors (Lipinski definition) is 4. The number of para-hydroxylation sites is 1. The van der Waals surface area contributed by atoms with E-state index in [9.17, 15) is 4.79 Å². The minimum atomic E-state index is -0.121. The number of anilines is 2. The minimum Gasteiger partial charge on any atom is -0.489 e. The van der Waals surface area contributed by atoms with Gasteiger partial charge in [0.25, 0.3) is 5.91 Å². The maximum Gasteiger partial charge on any atom is 0.256 e. The first kappa shape index (κ1) is 21.9. The van der Waals surface area contributed by atoms with Crippen LogP contribution in [-0.4, -0.2) is 43.5 Å². The first-order valence-corrected chi connectivity index (χ1v) is 11.3. The monoisotopic (exact) mass is 429 g/mol. The molecule has 0 unspecified atom stereocenters. The first-order valence-electron chi connectivity index (χ1n) is 11.3. The first-order chi connectivity index (χ1) is 15.6. The number of carbonyl (C=O) groups is 1. The molecule has 1 N–H and O–H groups in total. The number of rotatable bonds is 7. The Morgan fingerprint density at radius 3 is 2.38 bits per heavy atom. The largest absolute Gasteiger partial charge is 0.489 e. The lowest BCUT2D eigenvalue weighted by Gasteiger charge is -2.35. The van der Waals surface area contributed by atoms with Crippen LogP contribution in [0, 0.1) is 6.92 Å². The number of amides is 1. The SMILES string of the molecule is CCN1CCN(c2ccc(NC(=O)c3ccccc3COc3ccccc3)c(C)c2)CC1. The van der Waals surface area contributed by atoms with E-state index in [-0.39, 0.29) is 5.91 Å². The molecule has 0 aliphatic carbocycles. The van der Waals surface area contributed by atoms with Gasteiger partial charge in [-0.05, 0) is 55.4 Å². The van der Waals surface area contributed by atoms with Crippen LogP contribution in [0.5, 0.6) is 5.75 Å². The molecule has 0 bridgehead atoms. The summed E-state index contributed by atoms with van der Waals surface area (Å²) in [5.74, 6) is 0.665. The van der Waals surface area contributed by atoms with Gasteiger partial charge in [-0.25, -0.2) is 0 Å². The number of nitrogens with zero attached hydrogens (tertiary/aromatic N) is 2. The number of hydrogen-bond donors (Lipinski definition) is 1. The summed E-state index contributed by atoms with van der Waals surface area (Å²) in [6.45, 7) is 9.97. The third-order valence-electron chi connectivity index (χ3n) is 6.04. The molecule has 0 radical (unpaired) electrons. The van der Waals surface area contributed by atoms with Gasteiger partial charge in [0.2, 0.25) is 0 Å². The van der Waals surface area contributed by atoms with Gasteiger partial charge in [-0.3, -0.25) is 4.79 Å². The molecule has 0 spiro atoms. The maximum absolute atomic E-state index is 13.1. The molecule has 1 aliphatic heterocycles. The quantitative estimate of drug-likeness (QED) is 0.576. The van der Waals surface area contributed by atoms with Crippen molar-refractivity contribution in [2.24, 2.45) is 0 Å². The molecule has 1 fully saturated rings. The Morgan fingerprint density at radius 1 is 0.938 bits per heavy atom. The molecule has 5 heteroatoms. The molecule has 5 nitrogen and oxygen atoms in total. The fourth-order valence-electron chi connectivity index (χ4n) is 4.04. The summed E-state index contributed by atoms with van der Waals surface area (Å²) < 4.78 is 5.87. The van der Waals surface area contributed by atoms with Gasteiger partial charge >= 0.3 is 0 Å². The van der Waals surface area contributed by atoms with Gasteiger partial charge < -0.3 is 19.9 Å². The molecular formula is C27H31N3O2. The van der Waals surface area contributed by atoms with E-state index in [0.717, 1.165) is 55.3 Å². The Hall–Kier alpha value is -3.31. The van der Waals surface area contributed by atoms with Crippen LogP contribution in [0.15, 0.2) is 72.8 Å². The molecule has 1 aliphatic rings. The number of benzene rings is 3. The Morgan fingerprint density at radius 2 is 1.66 bits per heavy atom. The van der Waals surface area contributed by atoms with Crippen molar-refractivity contribution in [2.45, 2.75) is 20.5 Å². The van der Waals surface area contributed by atoms with E-state index in [1.54, 1.807) is 0 Å². The van der Waals surface area contributed by atoms with E-state index < -0.39 is 0 Å². The lowest BCUT2D eigenvalue weighted by atomic mass is 10.1. The highest BCUT2D eigenvalue weighted by Gasteiger charge is 2.17. The molecular weight excluding hydrogens is 398 g/mol. The van der Waals surface area contributed by atoms with E-state index in [0.29, 0.717) is 12.2 Å². The van der Waals surface area contributed by atoms with Crippen molar-refractivity contribution in [1.29, 1.82) is 0 Å². The lowest BCUT2D eigenvalue weighted by molar-refractivity contribution is 0.102. The molecule has 0 saturated carbocycles. The Kier molecular flexibility index (Phi) is 7.07. The number of likely N-dealkylation sites (N-methyl/N-ethyl adjacent to an activating group) is 1. The molecule has 4 rings (SSSR count). The molecule has 3 aromatic carbocycles. The molecule has 3 aromatic rings. The van der Waals surface area contributed by atoms with Crippen LogP contribution in [-0.2, 0) is 6.61 Å². The number of aryl methyl sites for hydroxylation is 1. The van der Waals surface area contributed by atoms with Crippen molar-refractivity contribution < 1.29 is 9.53 Å². The zero-order valence-corrected chi connectivity index (χ0v) is 18.9. The van der Waals surface area contributed by atoms with Crippen molar-refractivity contribution in [3.8, 4) is 5.75 Å². The van der Waals surface area contributed by atoms with Gasteiger partial charge in [0.15, 0.2) is 0 Å². The van der Waals surface area contributed by atoms with Crippen molar-refractivity contribution in [2.75, 3.05) is 42.9 Å². The average Bonchev–Trinajstić information content (AvgIpc) is 2.85. The highest BCUT2D eigenvalue weighted by atomic mass is 16.5. The highest BCUT2D eigenvalue weighted by molar-refractivity contribution is 6.05. The average molecular weight is 430 g/mol. The molecule has 1 heterocycles. The van der Waals surface area contributed by atoms with E-state index in [1.807, 2.05) is 67.6 Å². The van der Waals surface area contributed by atoms with Crippen LogP contribution < -0.4 is 15.0 Å². The third-order valence-corrected chi connectivity index (χ3v) is 6.04. The van der Waals surface area contributed by atoms with Gasteiger partial charge in [0.05, 0.1) is 0 Å². The van der Waals surface area contributed by atoms with Crippen LogP contribution in [0.25, 0.3) is 0 Å². The second-order valence-corrected chi connectivity index (χ2v) is 8.13. The Balaban J connectivity index is 1.43. The van der Waals surface area contributed by atoms with Crippen molar-refractivity contribution in [1.82, 2.24) is 4.90 Å². The van der Waals surface area contributed by atoms with E-state index in [4.69, 9.17) is 4.74 Å². The summed E-state index contributed by atoms with van der Waals surface area (Å²) >= 11 is 0. The molecule has 1 amide bonds. The summed E-state index contributed by atoms with van der Waals surface area (Å²) in [7, 11) is 0. The van der Waals surface area contributed by atoms with Gasteiger partial charge in [-0.15, -0.1) is 0 Å². The van der Waals surface area contributed by atoms with Crippen LogP contribution in [0.4, 0.5) is 11.4 Å². The predicted molar refractivity (Wildman–Crippen MR) is 131 cm³/mol. The Bertz CT molecular complexity index is 1040. The second kappa shape index (κ2) is 10.3. The third kappa shape index (κ3) is 5.29. The number of carbonyl (C=O) groups excluding carboxylic acids is 1. The van der Waals surface area contributed by atoms with Crippen LogP contribution in [0.1, 0.15) is 28.4 Å². The normalized spacial score (nSPS) is 14.2. The van der Waals surface area contributed by atoms with Gasteiger partial charge in [0, 0.05) is 48.7 Å². The summed E-state index contributed by atoms with van der Waals surface area (Å²) in [5, 5.41) is 3.09. The van der Waals surface area contributed by atoms with Gasteiger partial charge in [-0.2, -0.15) is 0 Å². The van der Waals surface area contributed by atoms with Crippen LogP contribution in [0.3, 0.4) is 0 Å². The highest BCUT2D eigenvalue weighted by Crippen LogP contribution is 2.25. The van der Waals surface area contributed by atoms with E-state index in [2.05, 4.69) is 34.2 Å². The molecule has 0 atom stereocenters. The van der Waals surface area contributed by atoms with Crippen molar-refractivity contribution >= 4 is 17.3 Å². The number of nitrogens with one attached hydrogen (secondary N) is 1.